The lowest BCUT2D eigenvalue weighted by Gasteiger charge is -2.31. The Hall–Kier alpha value is -1.61. The van der Waals surface area contributed by atoms with Gasteiger partial charge in [-0.2, -0.15) is 0 Å². The van der Waals surface area contributed by atoms with Crippen LogP contribution in [0.1, 0.15) is 64.2 Å². The Balaban J connectivity index is 1.64. The van der Waals surface area contributed by atoms with Gasteiger partial charge in [-0.1, -0.05) is 50.3 Å². The van der Waals surface area contributed by atoms with Gasteiger partial charge in [-0.15, -0.1) is 5.10 Å². The van der Waals surface area contributed by atoms with Crippen molar-refractivity contribution in [3.05, 3.63) is 0 Å². The number of nitrogens with zero attached hydrogens (tertiary/aromatic N) is 2. The van der Waals surface area contributed by atoms with E-state index >= 15 is 0 Å². The lowest BCUT2D eigenvalue weighted by atomic mass is 9.81. The van der Waals surface area contributed by atoms with Crippen molar-refractivity contribution in [2.24, 2.45) is 16.9 Å². The van der Waals surface area contributed by atoms with Gasteiger partial charge in [-0.25, -0.2) is 5.43 Å². The van der Waals surface area contributed by atoms with Crippen LogP contribution in [0.25, 0.3) is 0 Å². The average Bonchev–Trinajstić information content (AvgIpc) is 3.23. The maximum Gasteiger partial charge on any atom is 0.309 e. The Kier molecular flexibility index (Phi) is 8.99. The first-order valence-electron chi connectivity index (χ1n) is 11.3. The number of thioether (sulfide) groups is 1. The fourth-order valence-corrected chi connectivity index (χ4v) is 5.63. The van der Waals surface area contributed by atoms with Gasteiger partial charge in [0.15, 0.2) is 5.17 Å². The first-order valence-corrected chi connectivity index (χ1v) is 12.3. The SMILES string of the molecule is O=C(NN=C1SCCN1CCO)C(=O)C(NC(=O)C1CCCCC1)C1CCCCC1. The molecule has 9 heteroatoms. The molecule has 1 aliphatic heterocycles. The van der Waals surface area contributed by atoms with E-state index in [-0.39, 0.29) is 24.3 Å². The van der Waals surface area contributed by atoms with Crippen molar-refractivity contribution >= 4 is 34.5 Å². The standard InChI is InChI=1S/C21H34N4O4S/c26-13-11-25-12-14-30-21(25)24-23-20(29)18(27)17(15-7-3-1-4-8-15)22-19(28)16-9-5-2-6-10-16/h15-17,26H,1-14H2,(H,22,28)(H,23,29). The molecule has 168 valence electrons. The fourth-order valence-electron chi connectivity index (χ4n) is 4.66. The maximum absolute atomic E-state index is 13.0. The molecule has 0 radical (unpaired) electrons. The Morgan fingerprint density at radius 2 is 1.73 bits per heavy atom. The monoisotopic (exact) mass is 438 g/mol. The summed E-state index contributed by atoms with van der Waals surface area (Å²) in [5, 5.41) is 16.8. The van der Waals surface area contributed by atoms with Crippen LogP contribution in [0.3, 0.4) is 0 Å². The molecule has 8 nitrogen and oxygen atoms in total. The number of Topliss-reactive ketones (excluding diaryl/α,β-unsaturated/α-hetero) is 1. The Labute approximate surface area is 182 Å². The number of β-amino-alcohol motifs (C(OH)–C–C–N with tert-alkyl or cyclic N) is 1. The van der Waals surface area contributed by atoms with Crippen molar-refractivity contribution in [1.29, 1.82) is 0 Å². The van der Waals surface area contributed by atoms with Crippen molar-refractivity contribution in [3.8, 4) is 0 Å². The number of hydrogen-bond donors (Lipinski definition) is 3. The zero-order valence-corrected chi connectivity index (χ0v) is 18.4. The van der Waals surface area contributed by atoms with Crippen molar-refractivity contribution < 1.29 is 19.5 Å². The molecule has 2 amide bonds. The summed E-state index contributed by atoms with van der Waals surface area (Å²) in [4.78, 5) is 40.3. The van der Waals surface area contributed by atoms with Crippen LogP contribution in [0.5, 0.6) is 0 Å². The van der Waals surface area contributed by atoms with Gasteiger partial charge >= 0.3 is 5.91 Å². The number of nitrogens with one attached hydrogen (secondary N) is 2. The highest BCUT2D eigenvalue weighted by molar-refractivity contribution is 8.14. The number of aliphatic hydroxyl groups excluding tert-OH is 1. The summed E-state index contributed by atoms with van der Waals surface area (Å²) in [6.07, 6.45) is 9.82. The van der Waals surface area contributed by atoms with E-state index in [2.05, 4.69) is 15.8 Å². The first-order chi connectivity index (χ1) is 14.6. The predicted molar refractivity (Wildman–Crippen MR) is 117 cm³/mol. The van der Waals surface area contributed by atoms with Gasteiger partial charge in [0.05, 0.1) is 6.61 Å². The second kappa shape index (κ2) is 11.7. The lowest BCUT2D eigenvalue weighted by molar-refractivity contribution is -0.141. The molecular weight excluding hydrogens is 404 g/mol. The van der Waals surface area contributed by atoms with Gasteiger partial charge in [-0.3, -0.25) is 14.4 Å². The van der Waals surface area contributed by atoms with Crippen LogP contribution >= 0.6 is 11.8 Å². The normalized spacial score (nSPS) is 23.4. The molecule has 1 unspecified atom stereocenters. The summed E-state index contributed by atoms with van der Waals surface area (Å²) >= 11 is 1.48. The Bertz CT molecular complexity index is 645. The third-order valence-corrected chi connectivity index (χ3v) is 7.38. The molecular formula is C21H34N4O4S. The zero-order chi connectivity index (χ0) is 21.3. The van der Waals surface area contributed by atoms with Crippen LogP contribution in [0, 0.1) is 11.8 Å². The van der Waals surface area contributed by atoms with Crippen molar-refractivity contribution in [3.63, 3.8) is 0 Å². The predicted octanol–water partition coefficient (Wildman–Crippen LogP) is 1.63. The van der Waals surface area contributed by atoms with E-state index in [1.165, 1.54) is 11.8 Å². The molecule has 1 heterocycles. The third-order valence-electron chi connectivity index (χ3n) is 6.39. The topological polar surface area (TPSA) is 111 Å². The van der Waals surface area contributed by atoms with E-state index in [1.807, 2.05) is 4.90 Å². The van der Waals surface area contributed by atoms with E-state index in [4.69, 9.17) is 5.11 Å². The van der Waals surface area contributed by atoms with Gasteiger partial charge in [0.25, 0.3) is 0 Å². The number of aliphatic hydroxyl groups is 1. The summed E-state index contributed by atoms with van der Waals surface area (Å²) in [6.45, 7) is 1.19. The summed E-state index contributed by atoms with van der Waals surface area (Å²) in [5.74, 6) is -0.694. The minimum absolute atomic E-state index is 0.00338. The molecule has 2 aliphatic carbocycles. The minimum Gasteiger partial charge on any atom is -0.395 e. The Morgan fingerprint density at radius 1 is 1.07 bits per heavy atom. The van der Waals surface area contributed by atoms with Gasteiger partial charge < -0.3 is 15.3 Å². The van der Waals surface area contributed by atoms with Gasteiger partial charge in [0.2, 0.25) is 11.7 Å². The van der Waals surface area contributed by atoms with Crippen molar-refractivity contribution in [1.82, 2.24) is 15.6 Å². The summed E-state index contributed by atoms with van der Waals surface area (Å²) in [5.41, 5.74) is 2.39. The molecule has 3 fully saturated rings. The smallest absolute Gasteiger partial charge is 0.309 e. The number of carbonyl (C=O) groups excluding carboxylic acids is 3. The molecule has 0 aromatic rings. The highest BCUT2D eigenvalue weighted by Crippen LogP contribution is 2.29. The van der Waals surface area contributed by atoms with E-state index in [0.29, 0.717) is 11.7 Å². The minimum atomic E-state index is -0.779. The summed E-state index contributed by atoms with van der Waals surface area (Å²) in [7, 11) is 0. The summed E-state index contributed by atoms with van der Waals surface area (Å²) < 4.78 is 0. The molecule has 2 saturated carbocycles. The van der Waals surface area contributed by atoms with Crippen LogP contribution in [0.15, 0.2) is 5.10 Å². The van der Waals surface area contributed by atoms with Gasteiger partial charge in [0, 0.05) is 24.8 Å². The number of carbonyl (C=O) groups is 3. The molecule has 3 aliphatic rings. The van der Waals surface area contributed by atoms with Crippen LogP contribution in [-0.4, -0.2) is 64.3 Å². The lowest BCUT2D eigenvalue weighted by Crippen LogP contribution is -2.52. The van der Waals surface area contributed by atoms with Crippen LogP contribution < -0.4 is 10.7 Å². The van der Waals surface area contributed by atoms with Crippen LogP contribution in [-0.2, 0) is 14.4 Å². The van der Waals surface area contributed by atoms with Crippen LogP contribution in [0.4, 0.5) is 0 Å². The number of ketones is 1. The number of amides is 2. The van der Waals surface area contributed by atoms with E-state index in [9.17, 15) is 14.4 Å². The van der Waals surface area contributed by atoms with Crippen LogP contribution in [0.2, 0.25) is 0 Å². The molecule has 1 atom stereocenters. The number of hydrazone groups is 1. The van der Waals surface area contributed by atoms with Gasteiger partial charge in [0.1, 0.15) is 6.04 Å². The molecule has 0 aromatic carbocycles. The number of rotatable bonds is 8. The van der Waals surface area contributed by atoms with Gasteiger partial charge in [-0.05, 0) is 31.6 Å². The number of hydrogen-bond acceptors (Lipinski definition) is 6. The van der Waals surface area contributed by atoms with Crippen molar-refractivity contribution in [2.75, 3.05) is 25.4 Å². The molecule has 30 heavy (non-hydrogen) atoms. The summed E-state index contributed by atoms with van der Waals surface area (Å²) in [6, 6.07) is -0.773. The highest BCUT2D eigenvalue weighted by atomic mass is 32.2. The molecule has 3 rings (SSSR count). The maximum atomic E-state index is 13.0. The fraction of sp³-hybridized carbons (Fsp3) is 0.810. The highest BCUT2D eigenvalue weighted by Gasteiger charge is 2.36. The second-order valence-electron chi connectivity index (χ2n) is 8.48. The van der Waals surface area contributed by atoms with Crippen molar-refractivity contribution in [2.45, 2.75) is 70.3 Å². The molecule has 0 bridgehead atoms. The average molecular weight is 439 g/mol. The van der Waals surface area contributed by atoms with E-state index in [1.54, 1.807) is 0 Å². The number of amidine groups is 1. The molecule has 0 spiro atoms. The zero-order valence-electron chi connectivity index (χ0n) is 17.6. The molecule has 1 saturated heterocycles. The quantitative estimate of drug-likeness (QED) is 0.392. The largest absolute Gasteiger partial charge is 0.395 e. The van der Waals surface area contributed by atoms with E-state index in [0.717, 1.165) is 76.5 Å². The Morgan fingerprint density at radius 3 is 2.40 bits per heavy atom. The molecule has 0 aromatic heterocycles. The molecule has 3 N–H and O–H groups in total. The first kappa shape index (κ1) is 23.1. The third kappa shape index (κ3) is 6.20. The van der Waals surface area contributed by atoms with E-state index < -0.39 is 17.7 Å². The second-order valence-corrected chi connectivity index (χ2v) is 9.54.